The van der Waals surface area contributed by atoms with E-state index in [4.69, 9.17) is 5.73 Å². The molecule has 1 aliphatic rings. The van der Waals surface area contributed by atoms with Crippen LogP contribution < -0.4 is 16.0 Å². The molecule has 1 aromatic heterocycles. The van der Waals surface area contributed by atoms with Gasteiger partial charge in [0.2, 0.25) is 0 Å². The molecule has 3 N–H and O–H groups in total. The van der Waals surface area contributed by atoms with E-state index >= 15 is 0 Å². The SMILES string of the molecule is CCNc1cc(N2CCCC(N)C2)nc(C)n1. The van der Waals surface area contributed by atoms with Gasteiger partial charge in [-0.15, -0.1) is 0 Å². The van der Waals surface area contributed by atoms with E-state index in [1.54, 1.807) is 0 Å². The second-order valence-corrected chi connectivity index (χ2v) is 4.54. The Hall–Kier alpha value is -1.36. The highest BCUT2D eigenvalue weighted by atomic mass is 15.2. The lowest BCUT2D eigenvalue weighted by Gasteiger charge is -2.31. The summed E-state index contributed by atoms with van der Waals surface area (Å²) >= 11 is 0. The van der Waals surface area contributed by atoms with E-state index in [0.29, 0.717) is 0 Å². The minimum atomic E-state index is 0.265. The smallest absolute Gasteiger partial charge is 0.134 e. The Morgan fingerprint density at radius 2 is 2.35 bits per heavy atom. The lowest BCUT2D eigenvalue weighted by atomic mass is 10.1. The van der Waals surface area contributed by atoms with Gasteiger partial charge in [-0.2, -0.15) is 0 Å². The molecule has 0 aliphatic carbocycles. The summed E-state index contributed by atoms with van der Waals surface area (Å²) in [5.41, 5.74) is 6.00. The number of nitrogens with zero attached hydrogens (tertiary/aromatic N) is 3. The maximum atomic E-state index is 6.00. The van der Waals surface area contributed by atoms with Crippen molar-refractivity contribution in [3.8, 4) is 0 Å². The lowest BCUT2D eigenvalue weighted by molar-refractivity contribution is 0.503. The molecule has 1 saturated heterocycles. The van der Waals surface area contributed by atoms with Gasteiger partial charge in [0.15, 0.2) is 0 Å². The van der Waals surface area contributed by atoms with Crippen molar-refractivity contribution in [2.24, 2.45) is 5.73 Å². The topological polar surface area (TPSA) is 67.1 Å². The molecule has 1 atom stereocenters. The van der Waals surface area contributed by atoms with Crippen molar-refractivity contribution in [3.05, 3.63) is 11.9 Å². The molecule has 0 bridgehead atoms. The van der Waals surface area contributed by atoms with Crippen molar-refractivity contribution in [1.82, 2.24) is 9.97 Å². The first kappa shape index (κ1) is 12.1. The predicted molar refractivity (Wildman–Crippen MR) is 70.4 cm³/mol. The van der Waals surface area contributed by atoms with Gasteiger partial charge in [0, 0.05) is 31.7 Å². The zero-order valence-electron chi connectivity index (χ0n) is 10.6. The number of anilines is 2. The molecule has 0 saturated carbocycles. The minimum Gasteiger partial charge on any atom is -0.370 e. The summed E-state index contributed by atoms with van der Waals surface area (Å²) in [7, 11) is 0. The quantitative estimate of drug-likeness (QED) is 0.822. The van der Waals surface area contributed by atoms with Crippen molar-refractivity contribution >= 4 is 11.6 Å². The van der Waals surface area contributed by atoms with E-state index in [1.807, 2.05) is 13.0 Å². The fourth-order valence-electron chi connectivity index (χ4n) is 2.20. The molecule has 5 heteroatoms. The molecular formula is C12H21N5. The van der Waals surface area contributed by atoms with E-state index in [1.165, 1.54) is 0 Å². The Labute approximate surface area is 102 Å². The van der Waals surface area contributed by atoms with Crippen LogP contribution in [0.2, 0.25) is 0 Å². The lowest BCUT2D eigenvalue weighted by Crippen LogP contribution is -2.43. The number of nitrogens with two attached hydrogens (primary N) is 1. The summed E-state index contributed by atoms with van der Waals surface area (Å²) in [6.45, 7) is 6.79. The number of rotatable bonds is 3. The van der Waals surface area contributed by atoms with E-state index in [-0.39, 0.29) is 6.04 Å². The van der Waals surface area contributed by atoms with Gasteiger partial charge in [-0.3, -0.25) is 0 Å². The Balaban J connectivity index is 2.18. The molecule has 1 unspecified atom stereocenters. The average Bonchev–Trinajstić information content (AvgIpc) is 2.28. The summed E-state index contributed by atoms with van der Waals surface area (Å²) in [5.74, 6) is 2.69. The van der Waals surface area contributed by atoms with Gasteiger partial charge >= 0.3 is 0 Å². The molecule has 0 radical (unpaired) electrons. The maximum Gasteiger partial charge on any atom is 0.134 e. The molecule has 0 aromatic carbocycles. The van der Waals surface area contributed by atoms with Gasteiger partial charge in [0.1, 0.15) is 17.5 Å². The highest BCUT2D eigenvalue weighted by Gasteiger charge is 2.18. The van der Waals surface area contributed by atoms with Gasteiger partial charge in [0.25, 0.3) is 0 Å². The Morgan fingerprint density at radius 3 is 3.06 bits per heavy atom. The van der Waals surface area contributed by atoms with Crippen LogP contribution in [0.15, 0.2) is 6.07 Å². The van der Waals surface area contributed by atoms with Crippen LogP contribution >= 0.6 is 0 Å². The number of aryl methyl sites for hydroxylation is 1. The van der Waals surface area contributed by atoms with Crippen LogP contribution in [0.4, 0.5) is 11.6 Å². The first-order valence-corrected chi connectivity index (χ1v) is 6.29. The number of piperidine rings is 1. The molecule has 2 heterocycles. The van der Waals surface area contributed by atoms with Gasteiger partial charge in [0.05, 0.1) is 0 Å². The molecule has 94 valence electrons. The van der Waals surface area contributed by atoms with Crippen molar-refractivity contribution in [2.75, 3.05) is 29.9 Å². The molecule has 0 amide bonds. The fraction of sp³-hybridized carbons (Fsp3) is 0.667. The van der Waals surface area contributed by atoms with Crippen LogP contribution in [0.1, 0.15) is 25.6 Å². The van der Waals surface area contributed by atoms with Gasteiger partial charge in [-0.1, -0.05) is 0 Å². The summed E-state index contributed by atoms with van der Waals surface area (Å²) in [6, 6.07) is 2.27. The first-order valence-electron chi connectivity index (χ1n) is 6.29. The van der Waals surface area contributed by atoms with Crippen molar-refractivity contribution in [2.45, 2.75) is 32.7 Å². The number of aromatic nitrogens is 2. The van der Waals surface area contributed by atoms with E-state index in [2.05, 4.69) is 27.1 Å². The van der Waals surface area contributed by atoms with E-state index in [0.717, 1.165) is 49.9 Å². The summed E-state index contributed by atoms with van der Waals surface area (Å²) < 4.78 is 0. The molecule has 2 rings (SSSR count). The highest BCUT2D eigenvalue weighted by molar-refractivity contribution is 5.49. The maximum absolute atomic E-state index is 6.00. The van der Waals surface area contributed by atoms with Crippen LogP contribution in [0.5, 0.6) is 0 Å². The van der Waals surface area contributed by atoms with Crippen molar-refractivity contribution < 1.29 is 0 Å². The van der Waals surface area contributed by atoms with Crippen molar-refractivity contribution in [3.63, 3.8) is 0 Å². The first-order chi connectivity index (χ1) is 8.19. The van der Waals surface area contributed by atoms with E-state index < -0.39 is 0 Å². The number of hydrogen-bond donors (Lipinski definition) is 2. The normalized spacial score (nSPS) is 20.4. The number of hydrogen-bond acceptors (Lipinski definition) is 5. The molecule has 1 fully saturated rings. The Bertz CT molecular complexity index is 379. The average molecular weight is 235 g/mol. The molecule has 1 aliphatic heterocycles. The molecule has 17 heavy (non-hydrogen) atoms. The third-order valence-corrected chi connectivity index (χ3v) is 2.96. The van der Waals surface area contributed by atoms with Crippen LogP contribution in [0.25, 0.3) is 0 Å². The van der Waals surface area contributed by atoms with Crippen LogP contribution in [-0.2, 0) is 0 Å². The fourth-order valence-corrected chi connectivity index (χ4v) is 2.20. The molecular weight excluding hydrogens is 214 g/mol. The summed E-state index contributed by atoms with van der Waals surface area (Å²) in [5, 5.41) is 3.23. The third kappa shape index (κ3) is 3.06. The third-order valence-electron chi connectivity index (χ3n) is 2.96. The van der Waals surface area contributed by atoms with Gasteiger partial charge in [-0.05, 0) is 26.7 Å². The monoisotopic (exact) mass is 235 g/mol. The van der Waals surface area contributed by atoms with Crippen LogP contribution in [-0.4, -0.2) is 35.6 Å². The van der Waals surface area contributed by atoms with Gasteiger partial charge in [-0.25, -0.2) is 9.97 Å². The predicted octanol–water partition coefficient (Wildman–Crippen LogP) is 1.14. The van der Waals surface area contributed by atoms with Crippen LogP contribution in [0.3, 0.4) is 0 Å². The zero-order valence-corrected chi connectivity index (χ0v) is 10.6. The molecule has 0 spiro atoms. The summed E-state index contributed by atoms with van der Waals surface area (Å²) in [6.07, 6.45) is 2.25. The summed E-state index contributed by atoms with van der Waals surface area (Å²) in [4.78, 5) is 11.1. The Morgan fingerprint density at radius 1 is 1.53 bits per heavy atom. The highest BCUT2D eigenvalue weighted by Crippen LogP contribution is 2.19. The number of nitrogens with one attached hydrogen (secondary N) is 1. The molecule has 5 nitrogen and oxygen atoms in total. The second kappa shape index (κ2) is 5.31. The largest absolute Gasteiger partial charge is 0.370 e. The molecule has 1 aromatic rings. The van der Waals surface area contributed by atoms with Gasteiger partial charge < -0.3 is 16.0 Å². The van der Waals surface area contributed by atoms with Crippen LogP contribution in [0, 0.1) is 6.92 Å². The zero-order chi connectivity index (χ0) is 12.3. The minimum absolute atomic E-state index is 0.265. The van der Waals surface area contributed by atoms with Crippen molar-refractivity contribution in [1.29, 1.82) is 0 Å². The second-order valence-electron chi connectivity index (χ2n) is 4.54. The standard InChI is InChI=1S/C12H21N5/c1-3-14-11-7-12(16-9(2)15-11)17-6-4-5-10(13)8-17/h7,10H,3-6,8,13H2,1-2H3,(H,14,15,16). The van der Waals surface area contributed by atoms with E-state index in [9.17, 15) is 0 Å². The Kier molecular flexibility index (Phi) is 3.78.